The van der Waals surface area contributed by atoms with Gasteiger partial charge in [0.1, 0.15) is 18.4 Å². The fourth-order valence-corrected chi connectivity index (χ4v) is 1.86. The molecular formula is C16H27N3O5. The molecule has 1 heterocycles. The van der Waals surface area contributed by atoms with Crippen LogP contribution >= 0.6 is 0 Å². The number of aromatic nitrogens is 2. The maximum Gasteiger partial charge on any atom is 0.408 e. The maximum absolute atomic E-state index is 11.7. The highest BCUT2D eigenvalue weighted by molar-refractivity contribution is 5.80. The van der Waals surface area contributed by atoms with Gasteiger partial charge >= 0.3 is 12.1 Å². The van der Waals surface area contributed by atoms with Crippen molar-refractivity contribution >= 4 is 12.1 Å². The highest BCUT2D eigenvalue weighted by Gasteiger charge is 2.24. The van der Waals surface area contributed by atoms with Gasteiger partial charge in [0, 0.05) is 19.2 Å². The molecule has 1 amide bonds. The molecule has 1 rings (SSSR count). The number of imidazole rings is 1. The van der Waals surface area contributed by atoms with Gasteiger partial charge in [0.25, 0.3) is 0 Å². The number of rotatable bonds is 9. The van der Waals surface area contributed by atoms with E-state index in [4.69, 9.17) is 9.47 Å². The molecule has 8 nitrogen and oxygen atoms in total. The molecule has 1 atom stereocenters. The van der Waals surface area contributed by atoms with Crippen molar-refractivity contribution in [3.05, 3.63) is 18.2 Å². The lowest BCUT2D eigenvalue weighted by molar-refractivity contribution is -0.139. The molecule has 136 valence electrons. The monoisotopic (exact) mass is 341 g/mol. The van der Waals surface area contributed by atoms with Crippen LogP contribution in [-0.2, 0) is 27.4 Å². The zero-order chi connectivity index (χ0) is 18.2. The minimum absolute atomic E-state index is 0.0660. The Kier molecular flexibility index (Phi) is 7.70. The first-order chi connectivity index (χ1) is 11.2. The van der Waals surface area contributed by atoms with Crippen molar-refractivity contribution in [3.8, 4) is 0 Å². The predicted octanol–water partition coefficient (Wildman–Crippen LogP) is 2.18. The predicted molar refractivity (Wildman–Crippen MR) is 87.6 cm³/mol. The molecule has 0 aliphatic heterocycles. The molecule has 1 aromatic rings. The minimum atomic E-state index is -1.14. The number of nitrogens with one attached hydrogen (secondary N) is 1. The Morgan fingerprint density at radius 3 is 2.71 bits per heavy atom. The SMILES string of the molecule is CCCCOCn1cnc(C[C@H](NC(=O)OC(C)(C)C)C(=O)O)c1. The minimum Gasteiger partial charge on any atom is -0.480 e. The lowest BCUT2D eigenvalue weighted by atomic mass is 10.1. The average Bonchev–Trinajstić information content (AvgIpc) is 2.88. The third-order valence-corrected chi connectivity index (χ3v) is 2.97. The Bertz CT molecular complexity index is 536. The number of carbonyl (C=O) groups is 2. The summed E-state index contributed by atoms with van der Waals surface area (Å²) >= 11 is 0. The molecule has 0 aliphatic rings. The van der Waals surface area contributed by atoms with E-state index in [2.05, 4.69) is 17.2 Å². The molecule has 24 heavy (non-hydrogen) atoms. The number of carboxylic acids is 1. The first-order valence-electron chi connectivity index (χ1n) is 8.02. The summed E-state index contributed by atoms with van der Waals surface area (Å²) in [6, 6.07) is -1.11. The second kappa shape index (κ2) is 9.27. The van der Waals surface area contributed by atoms with Crippen molar-refractivity contribution in [3.63, 3.8) is 0 Å². The van der Waals surface area contributed by atoms with E-state index < -0.39 is 23.7 Å². The molecule has 0 aliphatic carbocycles. The van der Waals surface area contributed by atoms with Gasteiger partial charge in [0.15, 0.2) is 0 Å². The van der Waals surface area contributed by atoms with Crippen LogP contribution in [0.3, 0.4) is 0 Å². The Hall–Kier alpha value is -2.09. The number of hydrogen-bond donors (Lipinski definition) is 2. The summed E-state index contributed by atoms with van der Waals surface area (Å²) in [6.07, 6.45) is 4.63. The molecule has 8 heteroatoms. The number of unbranched alkanes of at least 4 members (excludes halogenated alkanes) is 1. The van der Waals surface area contributed by atoms with Crippen molar-refractivity contribution in [2.45, 2.75) is 65.3 Å². The molecule has 0 saturated heterocycles. The summed E-state index contributed by atoms with van der Waals surface area (Å²) in [7, 11) is 0. The summed E-state index contributed by atoms with van der Waals surface area (Å²) in [6.45, 7) is 8.25. The van der Waals surface area contributed by atoms with Crippen LogP contribution in [0.25, 0.3) is 0 Å². The van der Waals surface area contributed by atoms with Crippen molar-refractivity contribution in [1.29, 1.82) is 0 Å². The smallest absolute Gasteiger partial charge is 0.408 e. The van der Waals surface area contributed by atoms with E-state index in [0.29, 0.717) is 19.0 Å². The van der Waals surface area contributed by atoms with Crippen LogP contribution in [0.5, 0.6) is 0 Å². The lowest BCUT2D eigenvalue weighted by Gasteiger charge is -2.21. The van der Waals surface area contributed by atoms with E-state index in [1.165, 1.54) is 0 Å². The first kappa shape index (κ1) is 20.0. The zero-order valence-electron chi connectivity index (χ0n) is 14.7. The van der Waals surface area contributed by atoms with Crippen molar-refractivity contribution in [2.75, 3.05) is 6.61 Å². The largest absolute Gasteiger partial charge is 0.480 e. The van der Waals surface area contributed by atoms with Gasteiger partial charge in [-0.2, -0.15) is 0 Å². The number of carboxylic acid groups (broad SMARTS) is 1. The fourth-order valence-electron chi connectivity index (χ4n) is 1.86. The van der Waals surface area contributed by atoms with Gasteiger partial charge in [0.2, 0.25) is 0 Å². The quantitative estimate of drug-likeness (QED) is 0.667. The normalized spacial score (nSPS) is 12.7. The van der Waals surface area contributed by atoms with Crippen LogP contribution in [0.1, 0.15) is 46.2 Å². The van der Waals surface area contributed by atoms with Crippen LogP contribution in [0.2, 0.25) is 0 Å². The highest BCUT2D eigenvalue weighted by Crippen LogP contribution is 2.08. The van der Waals surface area contributed by atoms with Gasteiger partial charge in [-0.15, -0.1) is 0 Å². The number of aliphatic carboxylic acids is 1. The number of carbonyl (C=O) groups excluding carboxylic acids is 1. The zero-order valence-corrected chi connectivity index (χ0v) is 14.7. The molecule has 2 N–H and O–H groups in total. The van der Waals surface area contributed by atoms with Gasteiger partial charge in [-0.25, -0.2) is 14.6 Å². The summed E-state index contributed by atoms with van der Waals surface area (Å²) in [4.78, 5) is 27.2. The average molecular weight is 341 g/mol. The second-order valence-electron chi connectivity index (χ2n) is 6.51. The standard InChI is InChI=1S/C16H27N3O5/c1-5-6-7-23-11-19-9-12(17-10-19)8-13(14(20)21)18-15(22)24-16(2,3)4/h9-10,13H,5-8,11H2,1-4H3,(H,18,22)(H,20,21)/t13-/m0/s1. The summed E-state index contributed by atoms with van der Waals surface area (Å²) in [5.74, 6) is -1.14. The number of nitrogens with zero attached hydrogens (tertiary/aromatic N) is 2. The van der Waals surface area contributed by atoms with Crippen molar-refractivity contribution in [2.24, 2.45) is 0 Å². The lowest BCUT2D eigenvalue weighted by Crippen LogP contribution is -2.44. The van der Waals surface area contributed by atoms with E-state index in [1.807, 2.05) is 0 Å². The summed E-state index contributed by atoms with van der Waals surface area (Å²) in [5, 5.41) is 11.6. The topological polar surface area (TPSA) is 103 Å². The Morgan fingerprint density at radius 2 is 2.12 bits per heavy atom. The van der Waals surface area contributed by atoms with Crippen LogP contribution < -0.4 is 5.32 Å². The van der Waals surface area contributed by atoms with E-state index in [-0.39, 0.29) is 6.42 Å². The Balaban J connectivity index is 2.55. The van der Waals surface area contributed by atoms with E-state index in [1.54, 1.807) is 37.9 Å². The maximum atomic E-state index is 11.7. The number of hydrogen-bond acceptors (Lipinski definition) is 5. The van der Waals surface area contributed by atoms with Gasteiger partial charge in [-0.05, 0) is 27.2 Å². The van der Waals surface area contributed by atoms with Crippen molar-refractivity contribution in [1.82, 2.24) is 14.9 Å². The molecule has 0 bridgehead atoms. The molecule has 0 unspecified atom stereocenters. The molecule has 0 fully saturated rings. The van der Waals surface area contributed by atoms with Crippen LogP contribution in [0.4, 0.5) is 4.79 Å². The number of alkyl carbamates (subject to hydrolysis) is 1. The molecular weight excluding hydrogens is 314 g/mol. The highest BCUT2D eigenvalue weighted by atomic mass is 16.6. The number of amides is 1. The Labute approximate surface area is 142 Å². The molecule has 0 spiro atoms. The summed E-state index contributed by atoms with van der Waals surface area (Å²) in [5.41, 5.74) is -0.137. The van der Waals surface area contributed by atoms with Gasteiger partial charge in [-0.1, -0.05) is 13.3 Å². The molecule has 1 aromatic heterocycles. The molecule has 0 aromatic carbocycles. The number of ether oxygens (including phenoxy) is 2. The van der Waals surface area contributed by atoms with Crippen molar-refractivity contribution < 1.29 is 24.2 Å². The van der Waals surface area contributed by atoms with Crippen LogP contribution in [0.15, 0.2) is 12.5 Å². The molecule has 0 radical (unpaired) electrons. The van der Waals surface area contributed by atoms with Gasteiger partial charge in [0.05, 0.1) is 12.0 Å². The second-order valence-corrected chi connectivity index (χ2v) is 6.51. The van der Waals surface area contributed by atoms with Gasteiger partial charge < -0.3 is 24.5 Å². The Morgan fingerprint density at radius 1 is 1.42 bits per heavy atom. The van der Waals surface area contributed by atoms with Crippen LogP contribution in [-0.4, -0.2) is 45.0 Å². The molecule has 0 saturated carbocycles. The first-order valence-corrected chi connectivity index (χ1v) is 8.02. The van der Waals surface area contributed by atoms with Crippen LogP contribution in [0, 0.1) is 0 Å². The van der Waals surface area contributed by atoms with Gasteiger partial charge in [-0.3, -0.25) is 0 Å². The van der Waals surface area contributed by atoms with E-state index in [9.17, 15) is 14.7 Å². The third kappa shape index (κ3) is 7.96. The van der Waals surface area contributed by atoms with E-state index in [0.717, 1.165) is 12.8 Å². The van der Waals surface area contributed by atoms with E-state index >= 15 is 0 Å². The third-order valence-electron chi connectivity index (χ3n) is 2.97. The fraction of sp³-hybridized carbons (Fsp3) is 0.688. The summed E-state index contributed by atoms with van der Waals surface area (Å²) < 4.78 is 12.3.